The molecule has 7 nitrogen and oxygen atoms in total. The van der Waals surface area contributed by atoms with E-state index in [1.54, 1.807) is 11.8 Å². The Morgan fingerprint density at radius 1 is 1.11 bits per heavy atom. The second kappa shape index (κ2) is 13.1. The maximum atomic E-state index is 13.3. The first-order chi connectivity index (χ1) is 16.4. The lowest BCUT2D eigenvalue weighted by Crippen LogP contribution is -2.47. The minimum Gasteiger partial charge on any atom is -0.354 e. The number of benzene rings is 2. The van der Waals surface area contributed by atoms with Crippen LogP contribution in [0.3, 0.4) is 0 Å². The molecule has 0 aliphatic heterocycles. The fourth-order valence-electron chi connectivity index (χ4n) is 3.78. The molecule has 0 heterocycles. The first kappa shape index (κ1) is 28.8. The third kappa shape index (κ3) is 8.65. The largest absolute Gasteiger partial charge is 0.354 e. The number of nitrogens with one attached hydrogen (secondary N) is 1. The Hall–Kier alpha value is -2.39. The number of rotatable bonds is 12. The summed E-state index contributed by atoms with van der Waals surface area (Å²) in [4.78, 5) is 27.5. The topological polar surface area (TPSA) is 86.8 Å². The summed E-state index contributed by atoms with van der Waals surface area (Å²) in [7, 11) is -3.53. The highest BCUT2D eigenvalue weighted by Crippen LogP contribution is 2.25. The second-order valence-corrected chi connectivity index (χ2v) is 11.7. The first-order valence-electron chi connectivity index (χ1n) is 11.8. The molecule has 2 aromatic rings. The molecule has 1 N–H and O–H groups in total. The smallest absolute Gasteiger partial charge is 0.242 e. The SMILES string of the molecule is CCCNC(=O)[C@@H](C)N(Cc1cccc(Br)c1)C(=O)CCCN(c1cc(C)ccc1C)S(C)(=O)=O. The molecule has 2 amide bonds. The van der Waals surface area contributed by atoms with Crippen LogP contribution < -0.4 is 9.62 Å². The molecule has 35 heavy (non-hydrogen) atoms. The van der Waals surface area contributed by atoms with Gasteiger partial charge in [0.2, 0.25) is 21.8 Å². The quantitative estimate of drug-likeness (QED) is 0.408. The van der Waals surface area contributed by atoms with Gasteiger partial charge < -0.3 is 10.2 Å². The van der Waals surface area contributed by atoms with E-state index in [1.165, 1.54) is 10.6 Å². The number of amides is 2. The van der Waals surface area contributed by atoms with E-state index in [-0.39, 0.29) is 31.3 Å². The van der Waals surface area contributed by atoms with Gasteiger partial charge in [0.15, 0.2) is 0 Å². The van der Waals surface area contributed by atoms with Gasteiger partial charge >= 0.3 is 0 Å². The van der Waals surface area contributed by atoms with Crippen molar-refractivity contribution in [2.75, 3.05) is 23.7 Å². The zero-order valence-electron chi connectivity index (χ0n) is 21.2. The van der Waals surface area contributed by atoms with Gasteiger partial charge in [0.1, 0.15) is 6.04 Å². The zero-order valence-corrected chi connectivity index (χ0v) is 23.6. The number of aryl methyl sites for hydroxylation is 2. The van der Waals surface area contributed by atoms with E-state index in [0.717, 1.165) is 27.6 Å². The first-order valence-corrected chi connectivity index (χ1v) is 14.4. The van der Waals surface area contributed by atoms with E-state index in [2.05, 4.69) is 21.2 Å². The van der Waals surface area contributed by atoms with Crippen molar-refractivity contribution in [3.63, 3.8) is 0 Å². The van der Waals surface area contributed by atoms with Crippen LogP contribution in [0.15, 0.2) is 46.9 Å². The Labute approximate surface area is 218 Å². The molecular weight excluding hydrogens is 530 g/mol. The standard InChI is InChI=1S/C26H36BrN3O4S/c1-6-14-28-26(32)21(4)29(18-22-9-7-10-23(27)17-22)25(31)11-8-15-30(35(5,33)34)24-16-19(2)12-13-20(24)3/h7,9-10,12-13,16-17,21H,6,8,11,14-15,18H2,1-5H3,(H,28,32)/t21-/m1/s1. The van der Waals surface area contributed by atoms with Gasteiger partial charge in [-0.1, -0.05) is 47.1 Å². The molecule has 0 unspecified atom stereocenters. The molecule has 2 rings (SSSR count). The van der Waals surface area contributed by atoms with Crippen molar-refractivity contribution in [2.45, 2.75) is 59.5 Å². The maximum Gasteiger partial charge on any atom is 0.242 e. The van der Waals surface area contributed by atoms with Crippen LogP contribution in [0.2, 0.25) is 0 Å². The highest BCUT2D eigenvalue weighted by Gasteiger charge is 2.26. The van der Waals surface area contributed by atoms with Crippen molar-refractivity contribution in [3.05, 3.63) is 63.6 Å². The van der Waals surface area contributed by atoms with E-state index in [4.69, 9.17) is 0 Å². The van der Waals surface area contributed by atoms with Gasteiger partial charge in [0.25, 0.3) is 0 Å². The minimum absolute atomic E-state index is 0.121. The average Bonchev–Trinajstić information content (AvgIpc) is 2.79. The number of nitrogens with zero attached hydrogens (tertiary/aromatic N) is 2. The van der Waals surface area contributed by atoms with Crippen LogP contribution in [0.1, 0.15) is 49.8 Å². The average molecular weight is 567 g/mol. The van der Waals surface area contributed by atoms with Gasteiger partial charge in [-0.15, -0.1) is 0 Å². The van der Waals surface area contributed by atoms with Gasteiger partial charge in [-0.25, -0.2) is 8.42 Å². The predicted molar refractivity (Wildman–Crippen MR) is 145 cm³/mol. The molecule has 0 aromatic heterocycles. The number of hydrogen-bond donors (Lipinski definition) is 1. The highest BCUT2D eigenvalue weighted by molar-refractivity contribution is 9.10. The molecule has 0 spiro atoms. The summed E-state index contributed by atoms with van der Waals surface area (Å²) in [6.07, 6.45) is 2.43. The monoisotopic (exact) mass is 565 g/mol. The number of halogens is 1. The molecule has 192 valence electrons. The van der Waals surface area contributed by atoms with E-state index in [1.807, 2.05) is 63.2 Å². The van der Waals surface area contributed by atoms with Crippen molar-refractivity contribution in [3.8, 4) is 0 Å². The summed E-state index contributed by atoms with van der Waals surface area (Å²) in [5.41, 5.74) is 3.33. The van der Waals surface area contributed by atoms with Gasteiger partial charge in [-0.2, -0.15) is 0 Å². The molecule has 1 atom stereocenters. The van der Waals surface area contributed by atoms with Gasteiger partial charge in [0, 0.05) is 30.5 Å². The van der Waals surface area contributed by atoms with E-state index < -0.39 is 16.1 Å². The molecule has 2 aromatic carbocycles. The molecule has 9 heteroatoms. The molecular formula is C26H36BrN3O4S. The lowest BCUT2D eigenvalue weighted by Gasteiger charge is -2.29. The fraction of sp³-hybridized carbons (Fsp3) is 0.462. The Balaban J connectivity index is 2.19. The van der Waals surface area contributed by atoms with Crippen molar-refractivity contribution < 1.29 is 18.0 Å². The van der Waals surface area contributed by atoms with Crippen LogP contribution in [0.4, 0.5) is 5.69 Å². The van der Waals surface area contributed by atoms with Crippen LogP contribution in [-0.2, 0) is 26.2 Å². The van der Waals surface area contributed by atoms with E-state index in [0.29, 0.717) is 18.7 Å². The summed E-state index contributed by atoms with van der Waals surface area (Å²) in [6, 6.07) is 12.6. The molecule has 0 aliphatic carbocycles. The zero-order chi connectivity index (χ0) is 26.2. The number of carbonyl (C=O) groups is 2. The van der Waals surface area contributed by atoms with Crippen LogP contribution >= 0.6 is 15.9 Å². The van der Waals surface area contributed by atoms with Crippen LogP contribution in [0.25, 0.3) is 0 Å². The number of sulfonamides is 1. The van der Waals surface area contributed by atoms with Crippen molar-refractivity contribution >= 4 is 43.5 Å². The molecule has 0 radical (unpaired) electrons. The summed E-state index contributed by atoms with van der Waals surface area (Å²) in [5, 5.41) is 2.86. The predicted octanol–water partition coefficient (Wildman–Crippen LogP) is 4.56. The Bertz CT molecular complexity index is 1140. The van der Waals surface area contributed by atoms with Crippen LogP contribution in [0.5, 0.6) is 0 Å². The second-order valence-electron chi connectivity index (χ2n) is 8.85. The number of anilines is 1. The van der Waals surface area contributed by atoms with Crippen LogP contribution in [-0.4, -0.2) is 50.5 Å². The fourth-order valence-corrected chi connectivity index (χ4v) is 5.24. The molecule has 0 fully saturated rings. The normalized spacial score (nSPS) is 12.2. The third-order valence-electron chi connectivity index (χ3n) is 5.74. The maximum absolute atomic E-state index is 13.3. The van der Waals surface area contributed by atoms with Gasteiger partial charge in [-0.05, 0) is 68.5 Å². The van der Waals surface area contributed by atoms with E-state index >= 15 is 0 Å². The summed E-state index contributed by atoms with van der Waals surface area (Å²) >= 11 is 3.45. The summed E-state index contributed by atoms with van der Waals surface area (Å²) in [6.45, 7) is 8.48. The Morgan fingerprint density at radius 3 is 2.46 bits per heavy atom. The molecule has 0 saturated carbocycles. The van der Waals surface area contributed by atoms with Crippen molar-refractivity contribution in [1.82, 2.24) is 10.2 Å². The Kier molecular flexibility index (Phi) is 10.8. The third-order valence-corrected chi connectivity index (χ3v) is 7.42. The lowest BCUT2D eigenvalue weighted by molar-refractivity contribution is -0.140. The van der Waals surface area contributed by atoms with Gasteiger partial charge in [0.05, 0.1) is 11.9 Å². The van der Waals surface area contributed by atoms with Crippen molar-refractivity contribution in [2.24, 2.45) is 0 Å². The van der Waals surface area contributed by atoms with Gasteiger partial charge in [-0.3, -0.25) is 13.9 Å². The van der Waals surface area contributed by atoms with E-state index in [9.17, 15) is 18.0 Å². The minimum atomic E-state index is -3.53. The molecule has 0 saturated heterocycles. The molecule has 0 bridgehead atoms. The summed E-state index contributed by atoms with van der Waals surface area (Å²) < 4.78 is 27.3. The highest BCUT2D eigenvalue weighted by atomic mass is 79.9. The summed E-state index contributed by atoms with van der Waals surface area (Å²) in [5.74, 6) is -0.401. The number of carbonyl (C=O) groups excluding carboxylic acids is 2. The Morgan fingerprint density at radius 2 is 1.83 bits per heavy atom. The number of hydrogen-bond acceptors (Lipinski definition) is 4. The van der Waals surface area contributed by atoms with Crippen molar-refractivity contribution in [1.29, 1.82) is 0 Å². The lowest BCUT2D eigenvalue weighted by atomic mass is 10.1. The molecule has 0 aliphatic rings. The van der Waals surface area contributed by atoms with Crippen LogP contribution in [0, 0.1) is 13.8 Å².